The molecule has 2 heterocycles. The molecule has 0 saturated carbocycles. The van der Waals surface area contributed by atoms with Crippen LogP contribution in [0.5, 0.6) is 5.75 Å². The van der Waals surface area contributed by atoms with E-state index >= 15 is 0 Å². The quantitative estimate of drug-likeness (QED) is 0.737. The minimum absolute atomic E-state index is 0.0283. The Morgan fingerprint density at radius 3 is 2.54 bits per heavy atom. The van der Waals surface area contributed by atoms with Crippen molar-refractivity contribution in [3.05, 3.63) is 29.8 Å². The summed E-state index contributed by atoms with van der Waals surface area (Å²) in [5, 5.41) is 12.5. The summed E-state index contributed by atoms with van der Waals surface area (Å²) in [6.45, 7) is 2.11. The number of ether oxygens (including phenoxy) is 3. The van der Waals surface area contributed by atoms with E-state index in [1.807, 2.05) is 24.3 Å². The average molecular weight is 392 g/mol. The second kappa shape index (κ2) is 9.25. The van der Waals surface area contributed by atoms with Gasteiger partial charge >= 0.3 is 12.0 Å². The Morgan fingerprint density at radius 2 is 1.96 bits per heavy atom. The topological polar surface area (TPSA) is 97.3 Å². The third kappa shape index (κ3) is 4.94. The van der Waals surface area contributed by atoms with Gasteiger partial charge < -0.3 is 29.5 Å². The van der Waals surface area contributed by atoms with Gasteiger partial charge in [0.1, 0.15) is 11.3 Å². The fraction of sp³-hybridized carbons (Fsp3) is 0.600. The first-order valence-electron chi connectivity index (χ1n) is 9.65. The molecule has 2 aliphatic rings. The highest BCUT2D eigenvalue weighted by Crippen LogP contribution is 2.23. The molecule has 8 heteroatoms. The Bertz CT molecular complexity index is 666. The number of carboxylic acid groups (broad SMARTS) is 1. The monoisotopic (exact) mass is 392 g/mol. The number of urea groups is 1. The molecule has 8 nitrogen and oxygen atoms in total. The highest BCUT2D eigenvalue weighted by molar-refractivity contribution is 5.86. The van der Waals surface area contributed by atoms with Gasteiger partial charge in [0.25, 0.3) is 0 Å². The van der Waals surface area contributed by atoms with E-state index in [1.54, 1.807) is 12.0 Å². The smallest absolute Gasteiger partial charge is 0.329 e. The highest BCUT2D eigenvalue weighted by atomic mass is 16.5. The van der Waals surface area contributed by atoms with Gasteiger partial charge in [-0.15, -0.1) is 0 Å². The summed E-state index contributed by atoms with van der Waals surface area (Å²) in [6, 6.07) is 7.09. The van der Waals surface area contributed by atoms with Gasteiger partial charge in [0.2, 0.25) is 0 Å². The van der Waals surface area contributed by atoms with Gasteiger partial charge in [0.15, 0.2) is 0 Å². The van der Waals surface area contributed by atoms with Crippen molar-refractivity contribution in [2.45, 2.75) is 43.9 Å². The Balaban J connectivity index is 1.74. The summed E-state index contributed by atoms with van der Waals surface area (Å²) in [6.07, 6.45) is 2.34. The molecule has 0 aromatic heterocycles. The van der Waals surface area contributed by atoms with E-state index in [0.29, 0.717) is 32.9 Å². The number of carbonyl (C=O) groups is 2. The zero-order chi connectivity index (χ0) is 20.0. The van der Waals surface area contributed by atoms with E-state index in [4.69, 9.17) is 14.2 Å². The maximum Gasteiger partial charge on any atom is 0.329 e. The van der Waals surface area contributed by atoms with E-state index in [0.717, 1.165) is 24.2 Å². The molecular weight excluding hydrogens is 364 g/mol. The maximum atomic E-state index is 13.1. The van der Waals surface area contributed by atoms with Crippen LogP contribution in [0, 0.1) is 0 Å². The first kappa shape index (κ1) is 20.4. The summed E-state index contributed by atoms with van der Waals surface area (Å²) in [5.74, 6) is -0.281. The van der Waals surface area contributed by atoms with Crippen molar-refractivity contribution in [1.82, 2.24) is 10.2 Å². The number of amides is 2. The standard InChI is InChI=1S/C20H28N2O6/c1-26-16-6-4-15(5-7-16)13-22(14-17-3-2-10-28-17)19(25)21-20(18(23)24)8-11-27-12-9-20/h4-7,17H,2-3,8-14H2,1H3,(H,21,25)(H,23,24)/t17-/m0/s1. The number of rotatable bonds is 7. The lowest BCUT2D eigenvalue weighted by molar-refractivity contribution is -0.148. The van der Waals surface area contributed by atoms with Gasteiger partial charge in [-0.25, -0.2) is 9.59 Å². The van der Waals surface area contributed by atoms with E-state index < -0.39 is 17.5 Å². The molecule has 154 valence electrons. The minimum atomic E-state index is -1.29. The van der Waals surface area contributed by atoms with Crippen molar-refractivity contribution in [3.63, 3.8) is 0 Å². The number of benzene rings is 1. The summed E-state index contributed by atoms with van der Waals surface area (Å²) in [5.41, 5.74) is -0.352. The first-order chi connectivity index (χ1) is 13.5. The first-order valence-corrected chi connectivity index (χ1v) is 9.65. The van der Waals surface area contributed by atoms with E-state index in [2.05, 4.69) is 5.32 Å². The predicted octanol–water partition coefficient (Wildman–Crippen LogP) is 2.02. The molecule has 2 amide bonds. The molecule has 2 aliphatic heterocycles. The Hall–Kier alpha value is -2.32. The Labute approximate surface area is 164 Å². The minimum Gasteiger partial charge on any atom is -0.497 e. The number of hydrogen-bond donors (Lipinski definition) is 2. The van der Waals surface area contributed by atoms with Crippen LogP contribution >= 0.6 is 0 Å². The molecule has 1 atom stereocenters. The fourth-order valence-corrected chi connectivity index (χ4v) is 3.60. The van der Waals surface area contributed by atoms with Crippen LogP contribution in [-0.2, 0) is 20.8 Å². The lowest BCUT2D eigenvalue weighted by Crippen LogP contribution is -2.60. The van der Waals surface area contributed by atoms with Crippen LogP contribution in [0.15, 0.2) is 24.3 Å². The van der Waals surface area contributed by atoms with Crippen LogP contribution in [0.3, 0.4) is 0 Å². The molecule has 2 saturated heterocycles. The summed E-state index contributed by atoms with van der Waals surface area (Å²) < 4.78 is 16.2. The molecule has 1 aromatic rings. The molecule has 0 aliphatic carbocycles. The van der Waals surface area contributed by atoms with Gasteiger partial charge in [-0.2, -0.15) is 0 Å². The molecule has 1 aromatic carbocycles. The van der Waals surface area contributed by atoms with Gasteiger partial charge in [-0.05, 0) is 30.5 Å². The van der Waals surface area contributed by atoms with Crippen molar-refractivity contribution in [2.24, 2.45) is 0 Å². The number of aliphatic carboxylic acids is 1. The van der Waals surface area contributed by atoms with Gasteiger partial charge in [0.05, 0.1) is 13.2 Å². The molecule has 2 N–H and O–H groups in total. The van der Waals surface area contributed by atoms with Crippen LogP contribution < -0.4 is 10.1 Å². The van der Waals surface area contributed by atoms with Crippen LogP contribution in [0.2, 0.25) is 0 Å². The van der Waals surface area contributed by atoms with Gasteiger partial charge in [-0.1, -0.05) is 12.1 Å². The Kier molecular flexibility index (Phi) is 6.74. The highest BCUT2D eigenvalue weighted by Gasteiger charge is 2.42. The van der Waals surface area contributed by atoms with Crippen LogP contribution in [0.4, 0.5) is 4.79 Å². The van der Waals surface area contributed by atoms with Gasteiger partial charge in [-0.3, -0.25) is 0 Å². The molecule has 28 heavy (non-hydrogen) atoms. The number of methoxy groups -OCH3 is 1. The second-order valence-corrected chi connectivity index (χ2v) is 7.29. The predicted molar refractivity (Wildman–Crippen MR) is 101 cm³/mol. The van der Waals surface area contributed by atoms with Gasteiger partial charge in [0, 0.05) is 45.8 Å². The number of nitrogens with one attached hydrogen (secondary N) is 1. The largest absolute Gasteiger partial charge is 0.497 e. The molecule has 0 spiro atoms. The number of hydrogen-bond acceptors (Lipinski definition) is 5. The zero-order valence-electron chi connectivity index (χ0n) is 16.2. The Morgan fingerprint density at radius 1 is 1.25 bits per heavy atom. The van der Waals surface area contributed by atoms with E-state index in [9.17, 15) is 14.7 Å². The maximum absolute atomic E-state index is 13.1. The zero-order valence-corrected chi connectivity index (χ0v) is 16.2. The fourth-order valence-electron chi connectivity index (χ4n) is 3.60. The van der Waals surface area contributed by atoms with Crippen molar-refractivity contribution >= 4 is 12.0 Å². The van der Waals surface area contributed by atoms with Crippen molar-refractivity contribution in [1.29, 1.82) is 0 Å². The SMILES string of the molecule is COc1ccc(CN(C[C@@H]2CCCO2)C(=O)NC2(C(=O)O)CCOCC2)cc1. The van der Waals surface area contributed by atoms with Crippen LogP contribution in [-0.4, -0.2) is 67.1 Å². The van der Waals surface area contributed by atoms with Crippen LogP contribution in [0.1, 0.15) is 31.2 Å². The average Bonchev–Trinajstić information content (AvgIpc) is 3.22. The summed E-state index contributed by atoms with van der Waals surface area (Å²) in [4.78, 5) is 26.6. The van der Waals surface area contributed by atoms with E-state index in [-0.39, 0.29) is 18.9 Å². The second-order valence-electron chi connectivity index (χ2n) is 7.29. The van der Waals surface area contributed by atoms with Crippen molar-refractivity contribution in [3.8, 4) is 5.75 Å². The van der Waals surface area contributed by atoms with Crippen LogP contribution in [0.25, 0.3) is 0 Å². The molecule has 2 fully saturated rings. The van der Waals surface area contributed by atoms with E-state index in [1.165, 1.54) is 0 Å². The third-order valence-corrected chi connectivity index (χ3v) is 5.37. The molecule has 0 bridgehead atoms. The summed E-state index contributed by atoms with van der Waals surface area (Å²) in [7, 11) is 1.60. The van der Waals surface area contributed by atoms with Crippen molar-refractivity contribution in [2.75, 3.05) is 33.5 Å². The number of carbonyl (C=O) groups excluding carboxylic acids is 1. The number of carboxylic acids is 1. The molecule has 3 rings (SSSR count). The third-order valence-electron chi connectivity index (χ3n) is 5.37. The molecule has 0 unspecified atom stereocenters. The molecule has 0 radical (unpaired) electrons. The molecular formula is C20H28N2O6. The lowest BCUT2D eigenvalue weighted by Gasteiger charge is -2.36. The lowest BCUT2D eigenvalue weighted by atomic mass is 9.90. The van der Waals surface area contributed by atoms with Crippen molar-refractivity contribution < 1.29 is 28.9 Å². The summed E-state index contributed by atoms with van der Waals surface area (Å²) >= 11 is 0. The normalized spacial score (nSPS) is 21.1. The number of nitrogens with zero attached hydrogens (tertiary/aromatic N) is 1.